The van der Waals surface area contributed by atoms with E-state index in [1.165, 1.54) is 6.08 Å². The third kappa shape index (κ3) is 4.07. The molecule has 25 heavy (non-hydrogen) atoms. The summed E-state index contributed by atoms with van der Waals surface area (Å²) in [6.07, 6.45) is 2.95. The number of nitriles is 1. The number of likely N-dealkylation sites (tertiary alicyclic amines) is 1. The summed E-state index contributed by atoms with van der Waals surface area (Å²) in [5.74, 6) is 0.669. The van der Waals surface area contributed by atoms with E-state index in [4.69, 9.17) is 4.74 Å². The molecule has 0 aliphatic carbocycles. The lowest BCUT2D eigenvalue weighted by Crippen LogP contribution is -2.41. The van der Waals surface area contributed by atoms with E-state index in [1.54, 1.807) is 11.0 Å². The average Bonchev–Trinajstić information content (AvgIpc) is 2.68. The van der Waals surface area contributed by atoms with Gasteiger partial charge in [-0.2, -0.15) is 5.26 Å². The summed E-state index contributed by atoms with van der Waals surface area (Å²) in [5, 5.41) is 9.30. The van der Waals surface area contributed by atoms with E-state index >= 15 is 0 Å². The lowest BCUT2D eigenvalue weighted by atomic mass is 10.0. The fraction of sp³-hybridized carbons (Fsp3) is 0.238. The lowest BCUT2D eigenvalue weighted by Gasteiger charge is -2.31. The van der Waals surface area contributed by atoms with Crippen molar-refractivity contribution >= 4 is 5.91 Å². The van der Waals surface area contributed by atoms with Crippen molar-refractivity contribution in [2.75, 3.05) is 13.1 Å². The van der Waals surface area contributed by atoms with Crippen LogP contribution >= 0.6 is 0 Å². The molecule has 0 spiro atoms. The minimum absolute atomic E-state index is 0.0312. The van der Waals surface area contributed by atoms with E-state index < -0.39 is 0 Å². The minimum atomic E-state index is -0.0312. The van der Waals surface area contributed by atoms with E-state index in [2.05, 4.69) is 12.6 Å². The summed E-state index contributed by atoms with van der Waals surface area (Å²) >= 11 is 0. The van der Waals surface area contributed by atoms with Crippen molar-refractivity contribution in [2.45, 2.75) is 18.9 Å². The van der Waals surface area contributed by atoms with Gasteiger partial charge in [-0.05, 0) is 35.4 Å². The maximum Gasteiger partial charge on any atom is 0.245 e. The number of nitrogens with zero attached hydrogens (tertiary/aromatic N) is 2. The number of carbonyl (C=O) groups is 1. The monoisotopic (exact) mass is 332 g/mol. The average molecular weight is 332 g/mol. The van der Waals surface area contributed by atoms with Gasteiger partial charge in [-0.1, -0.05) is 36.9 Å². The molecule has 1 aliphatic heterocycles. The van der Waals surface area contributed by atoms with Gasteiger partial charge in [0.15, 0.2) is 0 Å². The van der Waals surface area contributed by atoms with Crippen molar-refractivity contribution in [2.24, 2.45) is 0 Å². The van der Waals surface area contributed by atoms with E-state index in [-0.39, 0.29) is 12.0 Å². The van der Waals surface area contributed by atoms with Crippen LogP contribution in [0.25, 0.3) is 11.1 Å². The fourth-order valence-corrected chi connectivity index (χ4v) is 3.04. The second-order valence-corrected chi connectivity index (χ2v) is 6.07. The summed E-state index contributed by atoms with van der Waals surface area (Å²) in [5.41, 5.74) is 2.60. The van der Waals surface area contributed by atoms with Gasteiger partial charge in [0.2, 0.25) is 5.91 Å². The standard InChI is InChI=1S/C21H20N2O2/c1-2-21(24)23-10-8-19(9-11-23)25-20-13-16(15-22)12-18(14-20)17-6-4-3-5-7-17/h2-7,12-14,19H,1,8-11H2. The zero-order valence-corrected chi connectivity index (χ0v) is 14.0. The lowest BCUT2D eigenvalue weighted by molar-refractivity contribution is -0.127. The fourth-order valence-electron chi connectivity index (χ4n) is 3.04. The van der Waals surface area contributed by atoms with Gasteiger partial charge in [0, 0.05) is 25.9 Å². The van der Waals surface area contributed by atoms with Crippen LogP contribution < -0.4 is 4.74 Å². The van der Waals surface area contributed by atoms with Crippen LogP contribution in [0.15, 0.2) is 61.2 Å². The molecule has 0 saturated carbocycles. The molecule has 1 heterocycles. The predicted octanol–water partition coefficient (Wildman–Crippen LogP) is 3.78. The molecule has 2 aromatic carbocycles. The van der Waals surface area contributed by atoms with Crippen LogP contribution in [0.3, 0.4) is 0 Å². The molecule has 126 valence electrons. The number of amides is 1. The highest BCUT2D eigenvalue weighted by Gasteiger charge is 2.22. The molecule has 0 atom stereocenters. The molecule has 2 aromatic rings. The largest absolute Gasteiger partial charge is 0.490 e. The number of piperidine rings is 1. The van der Waals surface area contributed by atoms with Crippen LogP contribution in [-0.4, -0.2) is 30.0 Å². The molecule has 0 radical (unpaired) electrons. The number of rotatable bonds is 4. The van der Waals surface area contributed by atoms with Crippen LogP contribution in [0.2, 0.25) is 0 Å². The number of hydrogen-bond acceptors (Lipinski definition) is 3. The molecule has 1 aliphatic rings. The molecule has 1 fully saturated rings. The summed E-state index contributed by atoms with van der Waals surface area (Å²) in [6, 6.07) is 17.7. The smallest absolute Gasteiger partial charge is 0.245 e. The van der Waals surface area contributed by atoms with E-state index in [0.717, 1.165) is 24.0 Å². The molecule has 0 bridgehead atoms. The molecule has 0 unspecified atom stereocenters. The molecular formula is C21H20N2O2. The topological polar surface area (TPSA) is 53.3 Å². The first-order chi connectivity index (χ1) is 12.2. The van der Waals surface area contributed by atoms with Gasteiger partial charge >= 0.3 is 0 Å². The quantitative estimate of drug-likeness (QED) is 0.801. The SMILES string of the molecule is C=CC(=O)N1CCC(Oc2cc(C#N)cc(-c3ccccc3)c2)CC1. The molecule has 4 nitrogen and oxygen atoms in total. The number of benzene rings is 2. The van der Waals surface area contributed by atoms with Crippen LogP contribution in [-0.2, 0) is 4.79 Å². The Balaban J connectivity index is 1.74. The van der Waals surface area contributed by atoms with Crippen LogP contribution in [0.1, 0.15) is 18.4 Å². The molecular weight excluding hydrogens is 312 g/mol. The number of carbonyl (C=O) groups excluding carboxylic acids is 1. The Kier molecular flexibility index (Phi) is 5.15. The third-order valence-electron chi connectivity index (χ3n) is 4.37. The zero-order valence-electron chi connectivity index (χ0n) is 14.0. The molecule has 1 saturated heterocycles. The second-order valence-electron chi connectivity index (χ2n) is 6.07. The Morgan fingerprint density at radius 3 is 2.52 bits per heavy atom. The predicted molar refractivity (Wildman–Crippen MR) is 97.0 cm³/mol. The summed E-state index contributed by atoms with van der Waals surface area (Å²) < 4.78 is 6.11. The van der Waals surface area contributed by atoms with Crippen molar-refractivity contribution in [3.8, 4) is 22.9 Å². The highest BCUT2D eigenvalue weighted by molar-refractivity contribution is 5.87. The maximum atomic E-state index is 11.6. The zero-order chi connectivity index (χ0) is 17.6. The Hall–Kier alpha value is -3.06. The highest BCUT2D eigenvalue weighted by atomic mass is 16.5. The van der Waals surface area contributed by atoms with E-state index in [9.17, 15) is 10.1 Å². The minimum Gasteiger partial charge on any atom is -0.490 e. The molecule has 1 amide bonds. The number of ether oxygens (including phenoxy) is 1. The molecule has 0 N–H and O–H groups in total. The Morgan fingerprint density at radius 2 is 1.88 bits per heavy atom. The van der Waals surface area contributed by atoms with Gasteiger partial charge in [-0.25, -0.2) is 0 Å². The highest BCUT2D eigenvalue weighted by Crippen LogP contribution is 2.28. The number of hydrogen-bond donors (Lipinski definition) is 0. The van der Waals surface area contributed by atoms with E-state index in [1.807, 2.05) is 42.5 Å². The van der Waals surface area contributed by atoms with Crippen LogP contribution in [0.5, 0.6) is 5.75 Å². The van der Waals surface area contributed by atoms with Crippen LogP contribution in [0.4, 0.5) is 0 Å². The van der Waals surface area contributed by atoms with Gasteiger partial charge in [0.05, 0.1) is 11.6 Å². The summed E-state index contributed by atoms with van der Waals surface area (Å²) in [6.45, 7) is 4.86. The normalized spacial score (nSPS) is 14.6. The Bertz CT molecular complexity index is 800. The summed E-state index contributed by atoms with van der Waals surface area (Å²) in [4.78, 5) is 13.4. The van der Waals surface area contributed by atoms with Gasteiger partial charge in [0.25, 0.3) is 0 Å². The molecule has 3 rings (SSSR count). The molecule has 4 heteroatoms. The van der Waals surface area contributed by atoms with Crippen molar-refractivity contribution < 1.29 is 9.53 Å². The first-order valence-electron chi connectivity index (χ1n) is 8.38. The van der Waals surface area contributed by atoms with E-state index in [0.29, 0.717) is 24.4 Å². The van der Waals surface area contributed by atoms with Gasteiger partial charge in [0.1, 0.15) is 11.9 Å². The Morgan fingerprint density at radius 1 is 1.16 bits per heavy atom. The van der Waals surface area contributed by atoms with Crippen molar-refractivity contribution in [1.82, 2.24) is 4.90 Å². The van der Waals surface area contributed by atoms with Gasteiger partial charge in [-0.15, -0.1) is 0 Å². The van der Waals surface area contributed by atoms with Crippen LogP contribution in [0, 0.1) is 11.3 Å². The first-order valence-corrected chi connectivity index (χ1v) is 8.38. The summed E-state index contributed by atoms with van der Waals surface area (Å²) in [7, 11) is 0. The van der Waals surface area contributed by atoms with Crippen molar-refractivity contribution in [1.29, 1.82) is 5.26 Å². The Labute approximate surface area is 148 Å². The van der Waals surface area contributed by atoms with Crippen molar-refractivity contribution in [3.05, 3.63) is 66.7 Å². The maximum absolute atomic E-state index is 11.6. The molecule has 0 aromatic heterocycles. The van der Waals surface area contributed by atoms with Gasteiger partial charge < -0.3 is 9.64 Å². The third-order valence-corrected chi connectivity index (χ3v) is 4.37. The first kappa shape index (κ1) is 16.8. The van der Waals surface area contributed by atoms with Crippen molar-refractivity contribution in [3.63, 3.8) is 0 Å². The second kappa shape index (κ2) is 7.67. The van der Waals surface area contributed by atoms with Gasteiger partial charge in [-0.3, -0.25) is 4.79 Å².